The van der Waals surface area contributed by atoms with Crippen molar-refractivity contribution in [3.05, 3.63) is 33.5 Å². The van der Waals surface area contributed by atoms with Crippen molar-refractivity contribution in [1.82, 2.24) is 30.3 Å². The summed E-state index contributed by atoms with van der Waals surface area (Å²) in [5, 5.41) is 15.2. The highest BCUT2D eigenvalue weighted by atomic mass is 127. The highest BCUT2D eigenvalue weighted by Crippen LogP contribution is 2.14. The fraction of sp³-hybridized carbons (Fsp3) is 0.611. The van der Waals surface area contributed by atoms with Gasteiger partial charge < -0.3 is 19.9 Å². The molecule has 2 aromatic heterocycles. The summed E-state index contributed by atoms with van der Waals surface area (Å²) in [5.74, 6) is 2.55. The number of halogens is 1. The number of aromatic nitrogens is 3. The van der Waals surface area contributed by atoms with Crippen LogP contribution in [-0.4, -0.2) is 65.0 Å². The molecule has 28 heavy (non-hydrogen) atoms. The van der Waals surface area contributed by atoms with E-state index >= 15 is 0 Å². The molecule has 1 saturated heterocycles. The first-order valence-corrected chi connectivity index (χ1v) is 10.2. The summed E-state index contributed by atoms with van der Waals surface area (Å²) >= 11 is 1.80. The Bertz CT molecular complexity index is 755. The van der Waals surface area contributed by atoms with Crippen LogP contribution < -0.4 is 10.6 Å². The van der Waals surface area contributed by atoms with Gasteiger partial charge in [0.25, 0.3) is 0 Å². The molecular formula is C18H30IN7OS. The molecule has 3 heterocycles. The van der Waals surface area contributed by atoms with E-state index in [0.717, 1.165) is 63.5 Å². The lowest BCUT2D eigenvalue weighted by Gasteiger charge is -2.26. The molecule has 0 bridgehead atoms. The summed E-state index contributed by atoms with van der Waals surface area (Å²) < 4.78 is 7.37. The summed E-state index contributed by atoms with van der Waals surface area (Å²) in [5.41, 5.74) is 0. The van der Waals surface area contributed by atoms with Crippen molar-refractivity contribution in [3.8, 4) is 0 Å². The summed E-state index contributed by atoms with van der Waals surface area (Å²) in [6, 6.07) is 4.30. The molecule has 0 atom stereocenters. The molecule has 156 valence electrons. The number of hydrogen-bond acceptors (Lipinski definition) is 6. The van der Waals surface area contributed by atoms with Crippen LogP contribution in [0.2, 0.25) is 0 Å². The van der Waals surface area contributed by atoms with E-state index in [0.29, 0.717) is 6.54 Å². The quantitative estimate of drug-likeness (QED) is 0.329. The lowest BCUT2D eigenvalue weighted by atomic mass is 10.4. The van der Waals surface area contributed by atoms with Crippen LogP contribution >= 0.6 is 35.3 Å². The largest absolute Gasteiger partial charge is 0.379 e. The van der Waals surface area contributed by atoms with Crippen LogP contribution in [0.15, 0.2) is 17.1 Å². The third-order valence-corrected chi connectivity index (χ3v) is 5.61. The fourth-order valence-electron chi connectivity index (χ4n) is 2.82. The number of rotatable bonds is 7. The number of hydrogen-bond donors (Lipinski definition) is 2. The zero-order valence-corrected chi connectivity index (χ0v) is 19.9. The second-order valence-electron chi connectivity index (χ2n) is 6.63. The zero-order chi connectivity index (χ0) is 19.1. The van der Waals surface area contributed by atoms with Crippen molar-refractivity contribution in [3.63, 3.8) is 0 Å². The first kappa shape index (κ1) is 23.0. The standard InChI is InChI=1S/C18H29N7OS.HI/c1-14-4-5-16(27-14)12-20-18(19-6-7-25-8-10-26-11-9-25)21-13-17-23-22-15(2)24(17)3;/h4-5H,6-13H2,1-3H3,(H2,19,20,21);1H. The molecule has 0 radical (unpaired) electrons. The van der Waals surface area contributed by atoms with Gasteiger partial charge >= 0.3 is 0 Å². The fourth-order valence-corrected chi connectivity index (χ4v) is 3.65. The van der Waals surface area contributed by atoms with E-state index in [9.17, 15) is 0 Å². The SMILES string of the molecule is Cc1ccc(CNC(=NCc2nnc(C)n2C)NCCN2CCOCC2)s1.I. The Hall–Kier alpha value is -1.24. The van der Waals surface area contributed by atoms with Crippen LogP contribution in [0.5, 0.6) is 0 Å². The number of nitrogens with zero attached hydrogens (tertiary/aromatic N) is 5. The summed E-state index contributed by atoms with van der Waals surface area (Å²) in [7, 11) is 1.97. The molecule has 10 heteroatoms. The molecule has 1 aliphatic rings. The molecule has 3 rings (SSSR count). The van der Waals surface area contributed by atoms with Crippen LogP contribution in [0.25, 0.3) is 0 Å². The first-order chi connectivity index (χ1) is 13.1. The van der Waals surface area contributed by atoms with Gasteiger partial charge in [-0.2, -0.15) is 0 Å². The third-order valence-electron chi connectivity index (χ3n) is 4.61. The summed E-state index contributed by atoms with van der Waals surface area (Å²) in [6.45, 7) is 10.8. The van der Waals surface area contributed by atoms with Gasteiger partial charge in [0.1, 0.15) is 12.4 Å². The van der Waals surface area contributed by atoms with E-state index in [1.165, 1.54) is 9.75 Å². The van der Waals surface area contributed by atoms with Crippen LogP contribution in [0, 0.1) is 13.8 Å². The van der Waals surface area contributed by atoms with Crippen LogP contribution in [-0.2, 0) is 24.9 Å². The minimum atomic E-state index is 0. The maximum absolute atomic E-state index is 5.41. The van der Waals surface area contributed by atoms with Gasteiger partial charge in [-0.1, -0.05) is 0 Å². The molecule has 0 amide bonds. The van der Waals surface area contributed by atoms with Crippen LogP contribution in [0.4, 0.5) is 0 Å². The summed E-state index contributed by atoms with van der Waals surface area (Å²) in [4.78, 5) is 9.73. The van der Waals surface area contributed by atoms with E-state index in [1.54, 1.807) is 11.3 Å². The molecule has 8 nitrogen and oxygen atoms in total. The Morgan fingerprint density at radius 3 is 2.64 bits per heavy atom. The minimum Gasteiger partial charge on any atom is -0.379 e. The molecule has 2 N–H and O–H groups in total. The third kappa shape index (κ3) is 6.98. The normalized spacial score (nSPS) is 15.3. The Balaban J connectivity index is 0.00000280. The molecule has 2 aromatic rings. The van der Waals surface area contributed by atoms with Gasteiger partial charge in [0.15, 0.2) is 11.8 Å². The predicted octanol–water partition coefficient (Wildman–Crippen LogP) is 1.68. The average Bonchev–Trinajstić information content (AvgIpc) is 3.24. The van der Waals surface area contributed by atoms with Gasteiger partial charge in [-0.15, -0.1) is 45.5 Å². The highest BCUT2D eigenvalue weighted by molar-refractivity contribution is 14.0. The average molecular weight is 519 g/mol. The predicted molar refractivity (Wildman–Crippen MR) is 123 cm³/mol. The molecule has 1 fully saturated rings. The Kier molecular flexibility index (Phi) is 9.62. The van der Waals surface area contributed by atoms with Crippen molar-refractivity contribution in [2.45, 2.75) is 26.9 Å². The van der Waals surface area contributed by atoms with Crippen molar-refractivity contribution in [1.29, 1.82) is 0 Å². The molecular weight excluding hydrogens is 489 g/mol. The monoisotopic (exact) mass is 519 g/mol. The zero-order valence-electron chi connectivity index (χ0n) is 16.8. The molecule has 0 saturated carbocycles. The minimum absolute atomic E-state index is 0. The van der Waals surface area contributed by atoms with Crippen molar-refractivity contribution < 1.29 is 4.74 Å². The smallest absolute Gasteiger partial charge is 0.192 e. The first-order valence-electron chi connectivity index (χ1n) is 9.34. The molecule has 0 aliphatic carbocycles. The number of thiophene rings is 1. The lowest BCUT2D eigenvalue weighted by molar-refractivity contribution is 0.0389. The molecule has 0 spiro atoms. The van der Waals surface area contributed by atoms with E-state index in [1.807, 2.05) is 18.5 Å². The number of guanidine groups is 1. The van der Waals surface area contributed by atoms with E-state index in [4.69, 9.17) is 9.73 Å². The second-order valence-corrected chi connectivity index (χ2v) is 8.01. The lowest BCUT2D eigenvalue weighted by Crippen LogP contribution is -2.44. The Morgan fingerprint density at radius 2 is 2.00 bits per heavy atom. The topological polar surface area (TPSA) is 79.6 Å². The van der Waals surface area contributed by atoms with E-state index in [2.05, 4.69) is 44.8 Å². The van der Waals surface area contributed by atoms with Gasteiger partial charge in [-0.3, -0.25) is 4.90 Å². The van der Waals surface area contributed by atoms with E-state index < -0.39 is 0 Å². The van der Waals surface area contributed by atoms with Gasteiger partial charge in [-0.05, 0) is 26.0 Å². The van der Waals surface area contributed by atoms with Gasteiger partial charge in [0.05, 0.1) is 19.8 Å². The number of aryl methyl sites for hydroxylation is 2. The summed E-state index contributed by atoms with van der Waals surface area (Å²) in [6.07, 6.45) is 0. The van der Waals surface area contributed by atoms with Crippen molar-refractivity contribution in [2.24, 2.45) is 12.0 Å². The van der Waals surface area contributed by atoms with Gasteiger partial charge in [-0.25, -0.2) is 4.99 Å². The van der Waals surface area contributed by atoms with Crippen LogP contribution in [0.1, 0.15) is 21.4 Å². The van der Waals surface area contributed by atoms with E-state index in [-0.39, 0.29) is 24.0 Å². The van der Waals surface area contributed by atoms with Gasteiger partial charge in [0.2, 0.25) is 0 Å². The molecule has 0 unspecified atom stereocenters. The maximum Gasteiger partial charge on any atom is 0.192 e. The van der Waals surface area contributed by atoms with Crippen molar-refractivity contribution >= 4 is 41.3 Å². The Labute approximate surface area is 187 Å². The molecule has 1 aliphatic heterocycles. The second kappa shape index (κ2) is 11.7. The maximum atomic E-state index is 5.41. The number of nitrogens with one attached hydrogen (secondary N) is 2. The number of aliphatic imine (C=N–C) groups is 1. The number of ether oxygens (including phenoxy) is 1. The Morgan fingerprint density at radius 1 is 1.21 bits per heavy atom. The van der Waals surface area contributed by atoms with Gasteiger partial charge in [0, 0.05) is 43.0 Å². The highest BCUT2D eigenvalue weighted by Gasteiger charge is 2.10. The van der Waals surface area contributed by atoms with Crippen LogP contribution in [0.3, 0.4) is 0 Å². The molecule has 0 aromatic carbocycles. The number of morpholine rings is 1. The van der Waals surface area contributed by atoms with Crippen molar-refractivity contribution in [2.75, 3.05) is 39.4 Å².